The van der Waals surface area contributed by atoms with Gasteiger partial charge in [-0.2, -0.15) is 0 Å². The third-order valence-electron chi connectivity index (χ3n) is 2.85. The Labute approximate surface area is 107 Å². The molecule has 1 aromatic heterocycles. The van der Waals surface area contributed by atoms with E-state index in [0.29, 0.717) is 0 Å². The average Bonchev–Trinajstić information content (AvgIpc) is 2.34. The predicted octanol–water partition coefficient (Wildman–Crippen LogP) is 1.88. The van der Waals surface area contributed by atoms with Crippen LogP contribution in [0.2, 0.25) is 0 Å². The van der Waals surface area contributed by atoms with Gasteiger partial charge in [-0.1, -0.05) is 27.7 Å². The zero-order valence-electron chi connectivity index (χ0n) is 11.1. The van der Waals surface area contributed by atoms with Crippen LogP contribution in [0, 0.1) is 11.3 Å². The number of ketones is 1. The summed E-state index contributed by atoms with van der Waals surface area (Å²) in [4.78, 5) is 31.0. The summed E-state index contributed by atoms with van der Waals surface area (Å²) in [5, 5.41) is 0. The van der Waals surface area contributed by atoms with E-state index in [1.165, 1.54) is 18.6 Å². The van der Waals surface area contributed by atoms with Crippen molar-refractivity contribution < 1.29 is 14.3 Å². The molecule has 0 saturated carbocycles. The van der Waals surface area contributed by atoms with E-state index in [2.05, 4.69) is 9.97 Å². The van der Waals surface area contributed by atoms with Crippen LogP contribution in [0.5, 0.6) is 0 Å². The summed E-state index contributed by atoms with van der Waals surface area (Å²) >= 11 is 0. The fraction of sp³-hybridized carbons (Fsp3) is 0.538. The zero-order valence-corrected chi connectivity index (χ0v) is 11.1. The van der Waals surface area contributed by atoms with E-state index in [9.17, 15) is 9.59 Å². The summed E-state index contributed by atoms with van der Waals surface area (Å²) in [7, 11) is 0. The van der Waals surface area contributed by atoms with Gasteiger partial charge >= 0.3 is 5.97 Å². The molecule has 5 nitrogen and oxygen atoms in total. The van der Waals surface area contributed by atoms with Crippen molar-refractivity contribution in [1.82, 2.24) is 9.97 Å². The number of carbonyl (C=O) groups excluding carboxylic acids is 2. The molecule has 0 aliphatic rings. The maximum Gasteiger partial charge on any atom is 0.309 e. The van der Waals surface area contributed by atoms with Crippen molar-refractivity contribution in [1.29, 1.82) is 0 Å². The fourth-order valence-corrected chi connectivity index (χ4v) is 1.13. The molecule has 0 amide bonds. The predicted molar refractivity (Wildman–Crippen MR) is 65.9 cm³/mol. The van der Waals surface area contributed by atoms with Crippen LogP contribution in [0.1, 0.15) is 38.2 Å². The molecule has 5 heteroatoms. The Hall–Kier alpha value is -1.78. The summed E-state index contributed by atoms with van der Waals surface area (Å²) < 4.78 is 4.99. The molecule has 0 spiro atoms. The molecule has 98 valence electrons. The van der Waals surface area contributed by atoms with Crippen molar-refractivity contribution in [3.8, 4) is 0 Å². The van der Waals surface area contributed by atoms with Gasteiger partial charge in [0.2, 0.25) is 5.78 Å². The second-order valence-electron chi connectivity index (χ2n) is 5.21. The van der Waals surface area contributed by atoms with Crippen LogP contribution in [0.4, 0.5) is 0 Å². The molecule has 1 heterocycles. The highest BCUT2D eigenvalue weighted by molar-refractivity contribution is 5.96. The summed E-state index contributed by atoms with van der Waals surface area (Å²) in [5.74, 6) is -0.996. The molecule has 0 saturated heterocycles. The minimum atomic E-state index is -0.375. The number of rotatable bonds is 4. The molecule has 1 atom stereocenters. The quantitative estimate of drug-likeness (QED) is 0.603. The SMILES string of the molecule is C[C@@H](C(=O)OCC(=O)c1cnccn1)C(C)(C)C. The molecule has 18 heavy (non-hydrogen) atoms. The molecule has 0 radical (unpaired) electrons. The number of hydrogen-bond donors (Lipinski definition) is 0. The molecule has 0 aliphatic heterocycles. The van der Waals surface area contributed by atoms with Crippen molar-refractivity contribution in [2.45, 2.75) is 27.7 Å². The number of nitrogens with zero attached hydrogens (tertiary/aromatic N) is 2. The first-order chi connectivity index (χ1) is 8.32. The van der Waals surface area contributed by atoms with Crippen LogP contribution in [-0.2, 0) is 9.53 Å². The zero-order chi connectivity index (χ0) is 13.8. The van der Waals surface area contributed by atoms with Crippen LogP contribution >= 0.6 is 0 Å². The van der Waals surface area contributed by atoms with Crippen molar-refractivity contribution >= 4 is 11.8 Å². The van der Waals surface area contributed by atoms with Gasteiger partial charge in [0.15, 0.2) is 6.61 Å². The van der Waals surface area contributed by atoms with Gasteiger partial charge in [-0.25, -0.2) is 4.98 Å². The Kier molecular flexibility index (Phi) is 4.53. The second kappa shape index (κ2) is 5.71. The highest BCUT2D eigenvalue weighted by Gasteiger charge is 2.28. The molecule has 0 N–H and O–H groups in total. The lowest BCUT2D eigenvalue weighted by atomic mass is 9.82. The van der Waals surface area contributed by atoms with Gasteiger partial charge in [0.05, 0.1) is 12.1 Å². The van der Waals surface area contributed by atoms with Gasteiger partial charge in [0.1, 0.15) is 5.69 Å². The number of esters is 1. The summed E-state index contributed by atoms with van der Waals surface area (Å²) in [6, 6.07) is 0. The number of aromatic nitrogens is 2. The van der Waals surface area contributed by atoms with Gasteiger partial charge < -0.3 is 4.74 Å². The smallest absolute Gasteiger partial charge is 0.309 e. The largest absolute Gasteiger partial charge is 0.457 e. The Morgan fingerprint density at radius 2 is 2.00 bits per heavy atom. The second-order valence-corrected chi connectivity index (χ2v) is 5.21. The number of Topliss-reactive ketones (excluding diaryl/α,β-unsaturated/α-hetero) is 1. The minimum absolute atomic E-state index is 0.188. The maximum absolute atomic E-state index is 11.7. The van der Waals surface area contributed by atoms with Crippen molar-refractivity contribution in [2.75, 3.05) is 6.61 Å². The van der Waals surface area contributed by atoms with E-state index in [1.54, 1.807) is 6.92 Å². The Balaban J connectivity index is 2.52. The van der Waals surface area contributed by atoms with E-state index in [1.807, 2.05) is 20.8 Å². The van der Waals surface area contributed by atoms with E-state index >= 15 is 0 Å². The van der Waals surface area contributed by atoms with Gasteiger partial charge in [0, 0.05) is 12.4 Å². The lowest BCUT2D eigenvalue weighted by Gasteiger charge is -2.24. The van der Waals surface area contributed by atoms with E-state index < -0.39 is 0 Å². The Morgan fingerprint density at radius 1 is 1.33 bits per heavy atom. The highest BCUT2D eigenvalue weighted by Crippen LogP contribution is 2.26. The van der Waals surface area contributed by atoms with Crippen LogP contribution in [0.25, 0.3) is 0 Å². The molecular weight excluding hydrogens is 232 g/mol. The van der Waals surface area contributed by atoms with Crippen LogP contribution in [0.3, 0.4) is 0 Å². The third-order valence-corrected chi connectivity index (χ3v) is 2.85. The summed E-state index contributed by atoms with van der Waals surface area (Å²) in [5.41, 5.74) is 0.0147. The van der Waals surface area contributed by atoms with Crippen molar-refractivity contribution in [3.05, 3.63) is 24.3 Å². The first kappa shape index (κ1) is 14.3. The van der Waals surface area contributed by atoms with Gasteiger partial charge in [-0.15, -0.1) is 0 Å². The van der Waals surface area contributed by atoms with E-state index in [4.69, 9.17) is 4.74 Å². The standard InChI is InChI=1S/C13H18N2O3/c1-9(13(2,3)4)12(17)18-8-11(16)10-7-14-5-6-15-10/h5-7,9H,8H2,1-4H3/t9-/m0/s1. The Bertz CT molecular complexity index is 424. The van der Waals surface area contributed by atoms with Crippen molar-refractivity contribution in [2.24, 2.45) is 11.3 Å². The minimum Gasteiger partial charge on any atom is -0.457 e. The number of carbonyl (C=O) groups is 2. The van der Waals surface area contributed by atoms with E-state index in [-0.39, 0.29) is 35.4 Å². The first-order valence-corrected chi connectivity index (χ1v) is 5.78. The molecule has 0 fully saturated rings. The van der Waals surface area contributed by atoms with E-state index in [0.717, 1.165) is 0 Å². The highest BCUT2D eigenvalue weighted by atomic mass is 16.5. The lowest BCUT2D eigenvalue weighted by Crippen LogP contribution is -2.29. The van der Waals surface area contributed by atoms with Crippen LogP contribution in [0.15, 0.2) is 18.6 Å². The van der Waals surface area contributed by atoms with Crippen LogP contribution in [-0.4, -0.2) is 28.3 Å². The lowest BCUT2D eigenvalue weighted by molar-refractivity contribution is -0.150. The van der Waals surface area contributed by atoms with Gasteiger partial charge in [-0.3, -0.25) is 14.6 Å². The fourth-order valence-electron chi connectivity index (χ4n) is 1.13. The van der Waals surface area contributed by atoms with Crippen molar-refractivity contribution in [3.63, 3.8) is 0 Å². The Morgan fingerprint density at radius 3 is 2.50 bits per heavy atom. The summed E-state index contributed by atoms with van der Waals surface area (Å²) in [6.45, 7) is 7.34. The molecule has 0 unspecified atom stereocenters. The van der Waals surface area contributed by atoms with Crippen LogP contribution < -0.4 is 0 Å². The normalized spacial score (nSPS) is 12.9. The topological polar surface area (TPSA) is 69.2 Å². The molecule has 0 bridgehead atoms. The molecule has 1 rings (SSSR count). The number of ether oxygens (including phenoxy) is 1. The first-order valence-electron chi connectivity index (χ1n) is 5.78. The third kappa shape index (κ3) is 3.91. The summed E-state index contributed by atoms with van der Waals surface area (Å²) in [6.07, 6.45) is 4.25. The molecular formula is C13H18N2O3. The number of hydrogen-bond acceptors (Lipinski definition) is 5. The molecule has 0 aliphatic carbocycles. The van der Waals surface area contributed by atoms with Gasteiger partial charge in [0.25, 0.3) is 0 Å². The monoisotopic (exact) mass is 250 g/mol. The average molecular weight is 250 g/mol. The molecule has 1 aromatic rings. The molecule has 0 aromatic carbocycles. The maximum atomic E-state index is 11.7. The van der Waals surface area contributed by atoms with Gasteiger partial charge in [-0.05, 0) is 5.41 Å².